The van der Waals surface area contributed by atoms with Crippen molar-refractivity contribution in [1.29, 1.82) is 0 Å². The van der Waals surface area contributed by atoms with Crippen molar-refractivity contribution in [2.24, 2.45) is 0 Å². The summed E-state index contributed by atoms with van der Waals surface area (Å²) in [7, 11) is 0. The maximum Gasteiger partial charge on any atom is 0.140 e. The molecule has 0 amide bonds. The molecule has 0 N–H and O–H groups in total. The van der Waals surface area contributed by atoms with Crippen molar-refractivity contribution in [3.05, 3.63) is 163 Å². The molecule has 0 saturated heterocycles. The number of hydrogen-bond donors (Lipinski definition) is 0. The Morgan fingerprint density at radius 3 is 1.74 bits per heavy atom. The summed E-state index contributed by atoms with van der Waals surface area (Å²) >= 11 is 0. The molecular formula is C45H31NO. The first-order valence-electron chi connectivity index (χ1n) is 16.4. The topological polar surface area (TPSA) is 18.1 Å². The lowest BCUT2D eigenvalue weighted by Gasteiger charge is -2.21. The minimum atomic E-state index is -0.188. The van der Waals surface area contributed by atoms with Crippen molar-refractivity contribution in [3.8, 4) is 39.1 Å². The fourth-order valence-electron chi connectivity index (χ4n) is 8.13. The Balaban J connectivity index is 1.22. The van der Waals surface area contributed by atoms with Gasteiger partial charge in [0.15, 0.2) is 0 Å². The lowest BCUT2D eigenvalue weighted by atomic mass is 9.81. The fraction of sp³-hybridized carbons (Fsp3) is 0.0667. The van der Waals surface area contributed by atoms with E-state index >= 15 is 0 Å². The number of rotatable bonds is 3. The summed E-state index contributed by atoms with van der Waals surface area (Å²) in [5.41, 5.74) is 15.4. The van der Waals surface area contributed by atoms with Gasteiger partial charge in [0.1, 0.15) is 11.2 Å². The van der Waals surface area contributed by atoms with E-state index in [1.807, 2.05) is 0 Å². The molecule has 2 heterocycles. The van der Waals surface area contributed by atoms with Gasteiger partial charge in [-0.3, -0.25) is 0 Å². The van der Waals surface area contributed by atoms with E-state index in [-0.39, 0.29) is 5.41 Å². The van der Waals surface area contributed by atoms with Gasteiger partial charge in [0.05, 0.1) is 11.0 Å². The zero-order valence-electron chi connectivity index (χ0n) is 26.3. The lowest BCUT2D eigenvalue weighted by molar-refractivity contribution is 0.620. The second-order valence-electron chi connectivity index (χ2n) is 13.3. The van der Waals surface area contributed by atoms with Crippen LogP contribution in [0.3, 0.4) is 0 Å². The normalized spacial score (nSPS) is 13.5. The molecule has 47 heavy (non-hydrogen) atoms. The number of nitrogens with zero attached hydrogens (tertiary/aromatic N) is 1. The van der Waals surface area contributed by atoms with Crippen molar-refractivity contribution in [3.63, 3.8) is 0 Å². The predicted molar refractivity (Wildman–Crippen MR) is 196 cm³/mol. The second kappa shape index (κ2) is 9.57. The number of fused-ring (bicyclic) bond motifs is 10. The first kappa shape index (κ1) is 26.4. The average molecular weight is 602 g/mol. The average Bonchev–Trinajstić information content (AvgIpc) is 3.73. The van der Waals surface area contributed by atoms with Crippen LogP contribution in [-0.2, 0) is 5.41 Å². The van der Waals surface area contributed by atoms with Gasteiger partial charge in [-0.25, -0.2) is 0 Å². The van der Waals surface area contributed by atoms with Crippen LogP contribution < -0.4 is 0 Å². The van der Waals surface area contributed by atoms with Gasteiger partial charge in [0.2, 0.25) is 0 Å². The second-order valence-corrected chi connectivity index (χ2v) is 13.3. The van der Waals surface area contributed by atoms with Crippen LogP contribution in [0.2, 0.25) is 0 Å². The molecule has 0 bridgehead atoms. The Hall–Kier alpha value is -5.86. The summed E-state index contributed by atoms with van der Waals surface area (Å²) in [4.78, 5) is 0. The molecule has 2 nitrogen and oxygen atoms in total. The molecule has 222 valence electrons. The van der Waals surface area contributed by atoms with Crippen LogP contribution in [0.15, 0.2) is 156 Å². The van der Waals surface area contributed by atoms with Gasteiger partial charge in [-0.15, -0.1) is 0 Å². The molecule has 9 aromatic rings. The Bertz CT molecular complexity index is 2590. The van der Waals surface area contributed by atoms with Crippen molar-refractivity contribution < 1.29 is 4.42 Å². The van der Waals surface area contributed by atoms with E-state index in [4.69, 9.17) is 4.42 Å². The van der Waals surface area contributed by atoms with Gasteiger partial charge in [-0.2, -0.15) is 0 Å². The summed E-state index contributed by atoms with van der Waals surface area (Å²) in [6, 6.07) is 55.2. The first-order valence-corrected chi connectivity index (χ1v) is 16.4. The Morgan fingerprint density at radius 2 is 1.09 bits per heavy atom. The third-order valence-corrected chi connectivity index (χ3v) is 10.4. The lowest BCUT2D eigenvalue weighted by Crippen LogP contribution is -2.15. The monoisotopic (exact) mass is 601 g/mol. The first-order chi connectivity index (χ1) is 23.1. The summed E-state index contributed by atoms with van der Waals surface area (Å²) in [5.74, 6) is 0. The molecule has 0 aliphatic heterocycles. The van der Waals surface area contributed by atoms with E-state index in [1.165, 1.54) is 77.1 Å². The van der Waals surface area contributed by atoms with Crippen LogP contribution in [0, 0.1) is 0 Å². The minimum Gasteiger partial charge on any atom is -0.456 e. The van der Waals surface area contributed by atoms with Crippen LogP contribution in [0.25, 0.3) is 82.8 Å². The maximum absolute atomic E-state index is 6.57. The molecule has 0 unspecified atom stereocenters. The number of hydrogen-bond acceptors (Lipinski definition) is 1. The van der Waals surface area contributed by atoms with E-state index < -0.39 is 0 Å². The van der Waals surface area contributed by atoms with Crippen molar-refractivity contribution in [2.45, 2.75) is 19.3 Å². The van der Waals surface area contributed by atoms with E-state index in [1.54, 1.807) is 0 Å². The van der Waals surface area contributed by atoms with Crippen LogP contribution in [-0.4, -0.2) is 4.57 Å². The van der Waals surface area contributed by atoms with Crippen molar-refractivity contribution in [1.82, 2.24) is 4.57 Å². The van der Waals surface area contributed by atoms with E-state index in [0.29, 0.717) is 0 Å². The van der Waals surface area contributed by atoms with Gasteiger partial charge < -0.3 is 8.98 Å². The van der Waals surface area contributed by atoms with Crippen molar-refractivity contribution in [2.75, 3.05) is 0 Å². The molecule has 0 spiro atoms. The zero-order chi connectivity index (χ0) is 31.3. The highest BCUT2D eigenvalue weighted by atomic mass is 16.3. The highest BCUT2D eigenvalue weighted by Gasteiger charge is 2.38. The number of furan rings is 1. The molecule has 7 aromatic carbocycles. The molecule has 1 aliphatic carbocycles. The SMILES string of the molecule is CC1(C)c2ccc(-n3c4ccc(-c5ccccc5)cc4c4cc(-c5ccccc5)ccc43)cc2-c2ccc3c(oc4ccccc43)c21. The molecule has 1 aliphatic rings. The molecule has 2 heteroatoms. The third kappa shape index (κ3) is 3.73. The fourth-order valence-corrected chi connectivity index (χ4v) is 8.13. The molecule has 0 fully saturated rings. The van der Waals surface area contributed by atoms with Crippen LogP contribution in [0.5, 0.6) is 0 Å². The van der Waals surface area contributed by atoms with Gasteiger partial charge in [0, 0.05) is 38.2 Å². The summed E-state index contributed by atoms with van der Waals surface area (Å²) < 4.78 is 9.01. The molecular weight excluding hydrogens is 571 g/mol. The highest BCUT2D eigenvalue weighted by molar-refractivity contribution is 6.12. The molecule has 0 radical (unpaired) electrons. The number of aromatic nitrogens is 1. The summed E-state index contributed by atoms with van der Waals surface area (Å²) in [6.07, 6.45) is 0. The van der Waals surface area contributed by atoms with Gasteiger partial charge >= 0.3 is 0 Å². The number of para-hydroxylation sites is 1. The summed E-state index contributed by atoms with van der Waals surface area (Å²) in [5, 5.41) is 4.87. The maximum atomic E-state index is 6.57. The van der Waals surface area contributed by atoms with Gasteiger partial charge in [-0.1, -0.05) is 117 Å². The van der Waals surface area contributed by atoms with Crippen LogP contribution >= 0.6 is 0 Å². The van der Waals surface area contributed by atoms with Gasteiger partial charge in [-0.05, 0) is 87.5 Å². The van der Waals surface area contributed by atoms with Crippen LogP contribution in [0.1, 0.15) is 25.0 Å². The minimum absolute atomic E-state index is 0.188. The quantitative estimate of drug-likeness (QED) is 0.197. The summed E-state index contributed by atoms with van der Waals surface area (Å²) in [6.45, 7) is 4.67. The largest absolute Gasteiger partial charge is 0.456 e. The Labute approximate surface area is 273 Å². The predicted octanol–water partition coefficient (Wildman–Crippen LogP) is 12.3. The van der Waals surface area contributed by atoms with E-state index in [2.05, 4.69) is 170 Å². The highest BCUT2D eigenvalue weighted by Crippen LogP contribution is 2.53. The third-order valence-electron chi connectivity index (χ3n) is 10.4. The Morgan fingerprint density at radius 1 is 0.468 bits per heavy atom. The van der Waals surface area contributed by atoms with E-state index in [9.17, 15) is 0 Å². The standard InChI is InChI=1S/C45H31NO/c1-45(2)39-22-19-32(27-36(39)34-20-21-35-33-15-9-10-16-42(33)47-44(35)43(34)45)46-40-23-17-30(28-11-5-3-6-12-28)25-37(40)38-26-31(18-24-41(38)46)29-13-7-4-8-14-29/h3-27H,1-2H3. The van der Waals surface area contributed by atoms with E-state index in [0.717, 1.165) is 16.9 Å². The molecule has 0 atom stereocenters. The van der Waals surface area contributed by atoms with Crippen molar-refractivity contribution >= 4 is 43.7 Å². The molecule has 2 aromatic heterocycles. The van der Waals surface area contributed by atoms with Gasteiger partial charge in [0.25, 0.3) is 0 Å². The molecule has 0 saturated carbocycles. The Kier molecular flexibility index (Phi) is 5.37. The molecule has 10 rings (SSSR count). The zero-order valence-corrected chi connectivity index (χ0v) is 26.3. The smallest absolute Gasteiger partial charge is 0.140 e. The number of benzene rings is 7. The van der Waals surface area contributed by atoms with Crippen LogP contribution in [0.4, 0.5) is 0 Å².